The lowest BCUT2D eigenvalue weighted by Crippen LogP contribution is -2.44. The summed E-state index contributed by atoms with van der Waals surface area (Å²) in [4.78, 5) is 12.2. The molecule has 3 heterocycles. The number of carbonyl (C=O) groups excluding carboxylic acids is 1. The number of nitrogens with one attached hydrogen (secondary N) is 2. The van der Waals surface area contributed by atoms with Crippen LogP contribution in [0.2, 0.25) is 0 Å². The lowest BCUT2D eigenvalue weighted by molar-refractivity contribution is -0.00890. The van der Waals surface area contributed by atoms with Crippen molar-refractivity contribution in [2.75, 3.05) is 11.9 Å². The summed E-state index contributed by atoms with van der Waals surface area (Å²) in [6, 6.07) is 3.38. The second kappa shape index (κ2) is 6.32. The molecule has 128 valence electrons. The molecule has 1 saturated heterocycles. The fraction of sp³-hybridized carbons (Fsp3) is 0.529. The van der Waals surface area contributed by atoms with Gasteiger partial charge in [-0.3, -0.25) is 5.32 Å². The first kappa shape index (κ1) is 15.3. The van der Waals surface area contributed by atoms with Gasteiger partial charge in [-0.05, 0) is 44.6 Å². The molecule has 1 aliphatic heterocycles. The largest absolute Gasteiger partial charge is 0.469 e. The minimum Gasteiger partial charge on any atom is -0.469 e. The first-order valence-electron chi connectivity index (χ1n) is 8.39. The summed E-state index contributed by atoms with van der Waals surface area (Å²) in [5.74, 6) is 2.38. The van der Waals surface area contributed by atoms with Crippen molar-refractivity contribution in [3.05, 3.63) is 24.2 Å². The van der Waals surface area contributed by atoms with Crippen molar-refractivity contribution in [1.82, 2.24) is 10.5 Å². The number of ether oxygens (including phenoxy) is 1. The second-order valence-corrected chi connectivity index (χ2v) is 6.53. The van der Waals surface area contributed by atoms with Gasteiger partial charge < -0.3 is 19.0 Å². The van der Waals surface area contributed by atoms with E-state index in [0.717, 1.165) is 24.2 Å². The molecule has 2 fully saturated rings. The molecular weight excluding hydrogens is 310 g/mol. The summed E-state index contributed by atoms with van der Waals surface area (Å²) in [5, 5.41) is 9.62. The molecule has 4 rings (SSSR count). The summed E-state index contributed by atoms with van der Waals surface area (Å²) in [5.41, 5.74) is 0.827. The molecule has 0 radical (unpaired) electrons. The molecule has 7 nitrogen and oxygen atoms in total. The van der Waals surface area contributed by atoms with Gasteiger partial charge in [-0.25, -0.2) is 4.79 Å². The Morgan fingerprint density at radius 1 is 1.33 bits per heavy atom. The highest BCUT2D eigenvalue weighted by atomic mass is 16.5. The number of hydrogen-bond acceptors (Lipinski definition) is 5. The van der Waals surface area contributed by atoms with Crippen LogP contribution in [0, 0.1) is 12.8 Å². The second-order valence-electron chi connectivity index (χ2n) is 6.53. The van der Waals surface area contributed by atoms with Crippen LogP contribution in [0.1, 0.15) is 31.4 Å². The van der Waals surface area contributed by atoms with E-state index in [1.165, 1.54) is 12.8 Å². The van der Waals surface area contributed by atoms with Crippen LogP contribution in [0.3, 0.4) is 0 Å². The third-order valence-corrected chi connectivity index (χ3v) is 4.67. The molecule has 2 aromatic heterocycles. The molecule has 2 N–H and O–H groups in total. The van der Waals surface area contributed by atoms with E-state index >= 15 is 0 Å². The first-order valence-corrected chi connectivity index (χ1v) is 8.39. The molecule has 2 atom stereocenters. The predicted octanol–water partition coefficient (Wildman–Crippen LogP) is 3.32. The lowest BCUT2D eigenvalue weighted by Gasteiger charge is -2.30. The summed E-state index contributed by atoms with van der Waals surface area (Å²) in [6.45, 7) is 2.55. The molecule has 24 heavy (non-hydrogen) atoms. The summed E-state index contributed by atoms with van der Waals surface area (Å²) >= 11 is 0. The van der Waals surface area contributed by atoms with Gasteiger partial charge in [0.25, 0.3) is 0 Å². The van der Waals surface area contributed by atoms with Crippen molar-refractivity contribution in [2.24, 2.45) is 5.92 Å². The SMILES string of the molecule is Cc1occc1-c1cc(NC(=O)N[C@H]2CCO[C@@H](C3CC3)C2)no1. The zero-order valence-electron chi connectivity index (χ0n) is 13.6. The molecule has 2 aromatic rings. The lowest BCUT2D eigenvalue weighted by atomic mass is 10.0. The Labute approximate surface area is 139 Å². The van der Waals surface area contributed by atoms with E-state index in [2.05, 4.69) is 15.8 Å². The third-order valence-electron chi connectivity index (χ3n) is 4.67. The molecule has 0 spiro atoms. The minimum atomic E-state index is -0.264. The fourth-order valence-electron chi connectivity index (χ4n) is 3.20. The zero-order chi connectivity index (χ0) is 16.5. The van der Waals surface area contributed by atoms with Crippen molar-refractivity contribution >= 4 is 11.8 Å². The van der Waals surface area contributed by atoms with Crippen molar-refractivity contribution in [2.45, 2.75) is 44.8 Å². The highest BCUT2D eigenvalue weighted by molar-refractivity contribution is 5.88. The third kappa shape index (κ3) is 3.31. The number of anilines is 1. The van der Waals surface area contributed by atoms with Crippen molar-refractivity contribution in [1.29, 1.82) is 0 Å². The Kier molecular flexibility index (Phi) is 4.02. The molecule has 0 aromatic carbocycles. The Morgan fingerprint density at radius 3 is 2.96 bits per heavy atom. The normalized spacial score (nSPS) is 23.9. The van der Waals surface area contributed by atoms with Crippen LogP contribution in [-0.4, -0.2) is 29.9 Å². The van der Waals surface area contributed by atoms with Gasteiger partial charge in [-0.15, -0.1) is 0 Å². The molecule has 1 saturated carbocycles. The number of aromatic nitrogens is 1. The average molecular weight is 331 g/mol. The van der Waals surface area contributed by atoms with E-state index in [4.69, 9.17) is 13.7 Å². The van der Waals surface area contributed by atoms with Crippen molar-refractivity contribution < 1.29 is 18.5 Å². The van der Waals surface area contributed by atoms with E-state index in [-0.39, 0.29) is 12.1 Å². The van der Waals surface area contributed by atoms with Crippen molar-refractivity contribution in [3.8, 4) is 11.3 Å². The highest BCUT2D eigenvalue weighted by Gasteiger charge is 2.36. The molecule has 1 aliphatic carbocycles. The predicted molar refractivity (Wildman–Crippen MR) is 86.6 cm³/mol. The topological polar surface area (TPSA) is 89.5 Å². The maximum atomic E-state index is 12.2. The van der Waals surface area contributed by atoms with Crippen LogP contribution >= 0.6 is 0 Å². The van der Waals surface area contributed by atoms with E-state index in [0.29, 0.717) is 30.2 Å². The van der Waals surface area contributed by atoms with E-state index < -0.39 is 0 Å². The fourth-order valence-corrected chi connectivity index (χ4v) is 3.20. The summed E-state index contributed by atoms with van der Waals surface area (Å²) in [7, 11) is 0. The highest BCUT2D eigenvalue weighted by Crippen LogP contribution is 2.38. The monoisotopic (exact) mass is 331 g/mol. The van der Waals surface area contributed by atoms with Crippen molar-refractivity contribution in [3.63, 3.8) is 0 Å². The Balaban J connectivity index is 1.33. The molecular formula is C17H21N3O4. The summed E-state index contributed by atoms with van der Waals surface area (Å²) < 4.78 is 16.3. The zero-order valence-corrected chi connectivity index (χ0v) is 13.6. The standard InChI is InChI=1S/C17H21N3O4/c1-10-13(5-7-22-10)15-9-16(20-24-15)19-17(21)18-12-4-6-23-14(8-12)11-2-3-11/h5,7,9,11-12,14H,2-4,6,8H2,1H3,(H2,18,19,20,21)/t12-,14+/m0/s1. The number of urea groups is 1. The van der Waals surface area contributed by atoms with Crippen LogP contribution in [0.5, 0.6) is 0 Å². The maximum Gasteiger partial charge on any atom is 0.320 e. The molecule has 0 unspecified atom stereocenters. The van der Waals surface area contributed by atoms with E-state index in [9.17, 15) is 4.79 Å². The number of furan rings is 1. The van der Waals surface area contributed by atoms with Gasteiger partial charge in [0.2, 0.25) is 0 Å². The van der Waals surface area contributed by atoms with Gasteiger partial charge in [0.1, 0.15) is 5.76 Å². The van der Waals surface area contributed by atoms with Crippen LogP contribution in [-0.2, 0) is 4.74 Å². The number of amides is 2. The van der Waals surface area contributed by atoms with Crippen LogP contribution in [0.4, 0.5) is 10.6 Å². The minimum absolute atomic E-state index is 0.145. The number of carbonyl (C=O) groups is 1. The number of nitrogens with zero attached hydrogens (tertiary/aromatic N) is 1. The van der Waals surface area contributed by atoms with Gasteiger partial charge >= 0.3 is 6.03 Å². The molecule has 7 heteroatoms. The molecule has 2 aliphatic rings. The van der Waals surface area contributed by atoms with Gasteiger partial charge in [0, 0.05) is 18.7 Å². The first-order chi connectivity index (χ1) is 11.7. The van der Waals surface area contributed by atoms with Gasteiger partial charge in [-0.2, -0.15) is 0 Å². The Bertz CT molecular complexity index is 719. The van der Waals surface area contributed by atoms with E-state index in [1.54, 1.807) is 18.4 Å². The molecule has 0 bridgehead atoms. The number of hydrogen-bond donors (Lipinski definition) is 2. The van der Waals surface area contributed by atoms with Crippen LogP contribution in [0.15, 0.2) is 27.3 Å². The van der Waals surface area contributed by atoms with Gasteiger partial charge in [0.05, 0.1) is 17.9 Å². The van der Waals surface area contributed by atoms with Gasteiger partial charge in [-0.1, -0.05) is 5.16 Å². The number of aryl methyl sites for hydroxylation is 1. The smallest absolute Gasteiger partial charge is 0.320 e. The average Bonchev–Trinajstić information content (AvgIpc) is 3.18. The summed E-state index contributed by atoms with van der Waals surface area (Å²) in [6.07, 6.45) is 6.11. The Hall–Kier alpha value is -2.28. The molecule has 2 amide bonds. The quantitative estimate of drug-likeness (QED) is 0.897. The maximum absolute atomic E-state index is 12.2. The van der Waals surface area contributed by atoms with E-state index in [1.807, 2.05) is 6.92 Å². The van der Waals surface area contributed by atoms with Crippen LogP contribution in [0.25, 0.3) is 11.3 Å². The number of rotatable bonds is 4. The van der Waals surface area contributed by atoms with Crippen LogP contribution < -0.4 is 10.6 Å². The van der Waals surface area contributed by atoms with Gasteiger partial charge in [0.15, 0.2) is 11.6 Å². The Morgan fingerprint density at radius 2 is 2.21 bits per heavy atom.